The van der Waals surface area contributed by atoms with Crippen molar-refractivity contribution in [2.24, 2.45) is 0 Å². The number of nitrogens with one attached hydrogen (secondary N) is 1. The molecule has 1 N–H and O–H groups in total. The Morgan fingerprint density at radius 1 is 1.43 bits per heavy atom. The van der Waals surface area contributed by atoms with Gasteiger partial charge < -0.3 is 10.1 Å². The highest BCUT2D eigenvalue weighted by molar-refractivity contribution is 5.88. The molecule has 0 radical (unpaired) electrons. The number of hydrogen-bond donors (Lipinski definition) is 1. The van der Waals surface area contributed by atoms with Crippen molar-refractivity contribution >= 4 is 11.8 Å². The van der Waals surface area contributed by atoms with Crippen LogP contribution in [0.15, 0.2) is 6.07 Å². The van der Waals surface area contributed by atoms with Gasteiger partial charge in [-0.2, -0.15) is 27.1 Å². The molecule has 21 heavy (non-hydrogen) atoms. The summed E-state index contributed by atoms with van der Waals surface area (Å²) in [7, 11) is 1.05. The number of hydrogen-bond acceptors (Lipinski definition) is 4. The lowest BCUT2D eigenvalue weighted by Crippen LogP contribution is -2.48. The van der Waals surface area contributed by atoms with Gasteiger partial charge >= 0.3 is 18.1 Å². The Kier molecular flexibility index (Phi) is 3.58. The van der Waals surface area contributed by atoms with Crippen molar-refractivity contribution in [3.63, 3.8) is 0 Å². The van der Waals surface area contributed by atoms with E-state index in [0.29, 0.717) is 4.68 Å². The fourth-order valence-electron chi connectivity index (χ4n) is 2.18. The molecule has 0 saturated heterocycles. The molecule has 5 nitrogen and oxygen atoms in total. The average Bonchev–Trinajstić information content (AvgIpc) is 2.78. The Hall–Kier alpha value is -1.87. The Bertz CT molecular complexity index is 555. The zero-order valence-corrected chi connectivity index (χ0v) is 11.0. The molecular weight excluding hydrogens is 301 g/mol. The van der Waals surface area contributed by atoms with Crippen LogP contribution in [0.4, 0.5) is 27.8 Å². The molecule has 1 aromatic heterocycles. The number of aromatic nitrogens is 2. The summed E-state index contributed by atoms with van der Waals surface area (Å²) in [5.41, 5.74) is -0.336. The number of alkyl halides is 5. The number of anilines is 1. The van der Waals surface area contributed by atoms with Crippen molar-refractivity contribution in [1.82, 2.24) is 9.78 Å². The Morgan fingerprint density at radius 2 is 2.05 bits per heavy atom. The zero-order valence-electron chi connectivity index (χ0n) is 11.0. The van der Waals surface area contributed by atoms with Gasteiger partial charge in [0, 0.05) is 12.1 Å². The van der Waals surface area contributed by atoms with Gasteiger partial charge in [-0.1, -0.05) is 0 Å². The van der Waals surface area contributed by atoms with Crippen LogP contribution in [0, 0.1) is 0 Å². The maximum atomic E-state index is 13.6. The molecule has 0 spiro atoms. The second-order valence-corrected chi connectivity index (χ2v) is 4.77. The van der Waals surface area contributed by atoms with Crippen LogP contribution in [-0.2, 0) is 4.74 Å². The molecule has 2 rings (SSSR count). The normalized spacial score (nSPS) is 22.4. The largest absolute Gasteiger partial charge is 0.464 e. The van der Waals surface area contributed by atoms with E-state index in [2.05, 4.69) is 15.2 Å². The predicted octanol–water partition coefficient (Wildman–Crippen LogP) is 2.61. The molecule has 1 aliphatic rings. The number of rotatable bonds is 2. The van der Waals surface area contributed by atoms with E-state index in [1.807, 2.05) is 0 Å². The highest BCUT2D eigenvalue weighted by Gasteiger charge is 2.64. The van der Waals surface area contributed by atoms with Crippen molar-refractivity contribution in [3.8, 4) is 0 Å². The van der Waals surface area contributed by atoms with Crippen molar-refractivity contribution in [1.29, 1.82) is 0 Å². The first-order valence-corrected chi connectivity index (χ1v) is 5.97. The third-order valence-electron chi connectivity index (χ3n) is 3.19. The van der Waals surface area contributed by atoms with E-state index in [1.54, 1.807) is 0 Å². The summed E-state index contributed by atoms with van der Waals surface area (Å²) in [5.74, 6) is -5.96. The maximum Gasteiger partial charge on any atom is 0.455 e. The number of ether oxygens (including phenoxy) is 1. The minimum Gasteiger partial charge on any atom is -0.464 e. The summed E-state index contributed by atoms with van der Waals surface area (Å²) >= 11 is 0. The minimum absolute atomic E-state index is 0.0805. The van der Waals surface area contributed by atoms with Gasteiger partial charge in [-0.15, -0.1) is 0 Å². The predicted molar refractivity (Wildman–Crippen MR) is 61.3 cm³/mol. The van der Waals surface area contributed by atoms with E-state index < -0.39 is 36.6 Å². The van der Waals surface area contributed by atoms with Crippen molar-refractivity contribution in [2.45, 2.75) is 37.5 Å². The van der Waals surface area contributed by atoms with Crippen molar-refractivity contribution in [2.75, 3.05) is 12.4 Å². The number of methoxy groups -OCH3 is 1. The molecule has 0 bridgehead atoms. The minimum atomic E-state index is -5.70. The summed E-state index contributed by atoms with van der Waals surface area (Å²) in [6.07, 6.45) is -6.19. The first kappa shape index (κ1) is 15.5. The number of fused-ring (bicyclic) bond motifs is 1. The lowest BCUT2D eigenvalue weighted by Gasteiger charge is -2.35. The SMILES string of the molecule is COC(=O)c1cc2n(n1)[C@H](C(F)(F)C(F)(F)F)C[C@H](C)N2. The summed E-state index contributed by atoms with van der Waals surface area (Å²) in [5, 5.41) is 6.22. The van der Waals surface area contributed by atoms with Gasteiger partial charge in [-0.05, 0) is 13.3 Å². The summed E-state index contributed by atoms with van der Waals surface area (Å²) in [6.45, 7) is 1.47. The lowest BCUT2D eigenvalue weighted by atomic mass is 9.99. The fourth-order valence-corrected chi connectivity index (χ4v) is 2.18. The van der Waals surface area contributed by atoms with Crippen LogP contribution in [0.1, 0.15) is 29.9 Å². The van der Waals surface area contributed by atoms with Crippen LogP contribution in [0.3, 0.4) is 0 Å². The fraction of sp³-hybridized carbons (Fsp3) is 0.636. The molecule has 2 atom stereocenters. The van der Waals surface area contributed by atoms with Gasteiger partial charge in [0.2, 0.25) is 0 Å². The van der Waals surface area contributed by atoms with Gasteiger partial charge in [0.1, 0.15) is 11.9 Å². The van der Waals surface area contributed by atoms with Gasteiger partial charge in [0.15, 0.2) is 5.69 Å². The number of carbonyl (C=O) groups excluding carboxylic acids is 1. The van der Waals surface area contributed by atoms with E-state index in [4.69, 9.17) is 0 Å². The van der Waals surface area contributed by atoms with Crippen LogP contribution >= 0.6 is 0 Å². The third kappa shape index (κ3) is 2.54. The monoisotopic (exact) mass is 313 g/mol. The van der Waals surface area contributed by atoms with Crippen LogP contribution in [0.2, 0.25) is 0 Å². The molecule has 1 aromatic rings. The molecule has 0 amide bonds. The molecule has 1 aliphatic heterocycles. The molecule has 10 heteroatoms. The van der Waals surface area contributed by atoms with Crippen LogP contribution in [0.5, 0.6) is 0 Å². The molecular formula is C11H12F5N3O2. The van der Waals surface area contributed by atoms with Gasteiger partial charge in [0.05, 0.1) is 7.11 Å². The number of esters is 1. The second-order valence-electron chi connectivity index (χ2n) is 4.77. The van der Waals surface area contributed by atoms with Crippen molar-refractivity contribution in [3.05, 3.63) is 11.8 Å². The molecule has 0 unspecified atom stereocenters. The third-order valence-corrected chi connectivity index (χ3v) is 3.19. The summed E-state index contributed by atoms with van der Waals surface area (Å²) in [4.78, 5) is 11.3. The molecule has 118 valence electrons. The smallest absolute Gasteiger partial charge is 0.455 e. The molecule has 0 aliphatic carbocycles. The van der Waals surface area contributed by atoms with Gasteiger partial charge in [-0.25, -0.2) is 9.48 Å². The van der Waals surface area contributed by atoms with Gasteiger partial charge in [0.25, 0.3) is 0 Å². The Labute approximate surface area is 116 Å². The maximum absolute atomic E-state index is 13.6. The van der Waals surface area contributed by atoms with Crippen LogP contribution in [-0.4, -0.2) is 41.0 Å². The van der Waals surface area contributed by atoms with E-state index in [0.717, 1.165) is 13.2 Å². The summed E-state index contributed by atoms with van der Waals surface area (Å²) in [6, 6.07) is -1.76. The molecule has 0 aromatic carbocycles. The molecule has 2 heterocycles. The van der Waals surface area contributed by atoms with E-state index >= 15 is 0 Å². The number of nitrogens with zero attached hydrogens (tertiary/aromatic N) is 2. The average molecular weight is 313 g/mol. The molecule has 0 fully saturated rings. The Morgan fingerprint density at radius 3 is 2.57 bits per heavy atom. The van der Waals surface area contributed by atoms with Crippen molar-refractivity contribution < 1.29 is 31.5 Å². The standard InChI is InChI=1S/C11H12F5N3O2/c1-5-3-7(10(12,13)11(14,15)16)19-8(17-5)4-6(18-19)9(20)21-2/h4-5,7,17H,3H2,1-2H3/t5-,7-/m0/s1. The molecule has 0 saturated carbocycles. The first-order chi connectivity index (χ1) is 9.57. The van der Waals surface area contributed by atoms with Crippen LogP contribution in [0.25, 0.3) is 0 Å². The Balaban J connectivity index is 2.48. The number of halogens is 5. The number of carbonyl (C=O) groups is 1. The highest BCUT2D eigenvalue weighted by Crippen LogP contribution is 2.47. The first-order valence-electron chi connectivity index (χ1n) is 5.97. The van der Waals surface area contributed by atoms with E-state index in [1.165, 1.54) is 6.92 Å². The quantitative estimate of drug-likeness (QED) is 0.673. The van der Waals surface area contributed by atoms with Crippen LogP contribution < -0.4 is 5.32 Å². The van der Waals surface area contributed by atoms with Gasteiger partial charge in [-0.3, -0.25) is 0 Å². The van der Waals surface area contributed by atoms with E-state index in [-0.39, 0.29) is 11.5 Å². The van der Waals surface area contributed by atoms with E-state index in [9.17, 15) is 26.7 Å². The summed E-state index contributed by atoms with van der Waals surface area (Å²) < 4.78 is 69.8. The topological polar surface area (TPSA) is 56.2 Å². The zero-order chi connectivity index (χ0) is 16.0. The lowest BCUT2D eigenvalue weighted by molar-refractivity contribution is -0.301. The highest BCUT2D eigenvalue weighted by atomic mass is 19.4. The second kappa shape index (κ2) is 4.85.